The molecule has 0 bridgehead atoms. The first-order chi connectivity index (χ1) is 7.91. The fraction of sp³-hybridized carbons (Fsp3) is 1.00. The van der Waals surface area contributed by atoms with E-state index in [-0.39, 0.29) is 0 Å². The van der Waals surface area contributed by atoms with Crippen molar-refractivity contribution < 1.29 is 59.7 Å². The summed E-state index contributed by atoms with van der Waals surface area (Å²) in [6, 6.07) is 0. The first-order valence-corrected chi connectivity index (χ1v) is 3.32. The summed E-state index contributed by atoms with van der Waals surface area (Å²) in [5.41, 5.74) is 0. The van der Waals surface area contributed by atoms with Crippen molar-refractivity contribution in [2.75, 3.05) is 20.4 Å². The minimum absolute atomic E-state index is 0.487. The van der Waals surface area contributed by atoms with Crippen molar-refractivity contribution >= 4 is 0 Å². The Morgan fingerprint density at radius 1 is 0.688 bits per heavy atom. The molecule has 0 heterocycles. The molecule has 0 aromatic rings. The Morgan fingerprint density at radius 3 is 1.81 bits per heavy atom. The lowest BCUT2D eigenvalue weighted by atomic mass is 11.5. The highest BCUT2D eigenvalue weighted by Crippen LogP contribution is 1.88. The molecule has 0 aromatic heterocycles. The van der Waals surface area contributed by atoms with Crippen LogP contribution in [0, 0.1) is 0 Å². The van der Waals surface area contributed by atoms with Gasteiger partial charge in [-0.1, -0.05) is 0 Å². The third kappa shape index (κ3) is 13.5. The maximum atomic E-state index is 7.75. The van der Waals surface area contributed by atoms with Crippen LogP contribution in [0.5, 0.6) is 0 Å². The SMILES string of the molecule is NOOCOOOOOOCOOCOO. The molecule has 98 valence electrons. The molecule has 0 saturated heterocycles. The van der Waals surface area contributed by atoms with Gasteiger partial charge in [0.25, 0.3) is 0 Å². The molecule has 3 N–H and O–H groups in total. The van der Waals surface area contributed by atoms with E-state index in [1.165, 1.54) is 0 Å². The van der Waals surface area contributed by atoms with Crippen LogP contribution in [0.3, 0.4) is 0 Å². The van der Waals surface area contributed by atoms with Gasteiger partial charge >= 0.3 is 0 Å². The van der Waals surface area contributed by atoms with Gasteiger partial charge in [0.05, 0.1) is 0 Å². The van der Waals surface area contributed by atoms with Gasteiger partial charge in [-0.05, 0) is 20.2 Å². The fourth-order valence-corrected chi connectivity index (χ4v) is 0.258. The summed E-state index contributed by atoms with van der Waals surface area (Å²) < 4.78 is 0. The van der Waals surface area contributed by atoms with E-state index < -0.39 is 20.4 Å². The summed E-state index contributed by atoms with van der Waals surface area (Å²) in [6.45, 7) is -1.52. The minimum atomic E-state index is -0.516. The van der Waals surface area contributed by atoms with Gasteiger partial charge in [0.2, 0.25) is 20.4 Å². The quantitative estimate of drug-likeness (QED) is 0.174. The molecule has 0 saturated carbocycles. The second kappa shape index (κ2) is 14.5. The van der Waals surface area contributed by atoms with Gasteiger partial charge in [0.15, 0.2) is 0 Å². The fourth-order valence-electron chi connectivity index (χ4n) is 0.258. The molecule has 0 aliphatic heterocycles. The van der Waals surface area contributed by atoms with Gasteiger partial charge in [-0.15, -0.1) is 4.99 Å². The van der Waals surface area contributed by atoms with Gasteiger partial charge in [-0.2, -0.15) is 20.6 Å². The second-order valence-corrected chi connectivity index (χ2v) is 1.44. The maximum Gasteiger partial charge on any atom is 0.219 e. The van der Waals surface area contributed by atoms with Crippen LogP contribution in [-0.4, -0.2) is 25.6 Å². The lowest BCUT2D eigenvalue weighted by Gasteiger charge is -2.01. The Morgan fingerprint density at radius 2 is 1.25 bits per heavy atom. The van der Waals surface area contributed by atoms with Crippen LogP contribution in [0.15, 0.2) is 0 Å². The van der Waals surface area contributed by atoms with Crippen molar-refractivity contribution in [3.8, 4) is 0 Å². The Labute approximate surface area is 87.2 Å². The highest BCUT2D eigenvalue weighted by atomic mass is 17.8. The normalized spacial score (nSPS) is 10.9. The van der Waals surface area contributed by atoms with Gasteiger partial charge in [-0.25, -0.2) is 19.9 Å². The maximum absolute atomic E-state index is 7.75. The number of nitrogens with two attached hydrogens (primary N) is 1. The average molecular weight is 251 g/mol. The van der Waals surface area contributed by atoms with Crippen LogP contribution in [0.4, 0.5) is 0 Å². The Bertz CT molecular complexity index is 109. The van der Waals surface area contributed by atoms with Crippen molar-refractivity contribution in [1.29, 1.82) is 0 Å². The van der Waals surface area contributed by atoms with E-state index in [4.69, 9.17) is 5.26 Å². The number of rotatable bonds is 13. The summed E-state index contributed by atoms with van der Waals surface area (Å²) >= 11 is 0. The third-order valence-corrected chi connectivity index (χ3v) is 0.624. The molecule has 0 aromatic carbocycles. The van der Waals surface area contributed by atoms with Gasteiger partial charge < -0.3 is 0 Å². The summed E-state index contributed by atoms with van der Waals surface area (Å²) in [6.07, 6.45) is 0. The largest absolute Gasteiger partial charge is 0.249 e. The Balaban J connectivity index is 2.83. The molecular formula is C3H9NO12. The Hall–Kier alpha value is -0.520. The van der Waals surface area contributed by atoms with Crippen LogP contribution in [0.1, 0.15) is 0 Å². The Kier molecular flexibility index (Phi) is 14.0. The van der Waals surface area contributed by atoms with Crippen LogP contribution in [0.25, 0.3) is 0 Å². The molecule has 13 nitrogen and oxygen atoms in total. The van der Waals surface area contributed by atoms with Crippen LogP contribution in [-0.2, 0) is 54.5 Å². The highest BCUT2D eigenvalue weighted by molar-refractivity contribution is 3.78. The summed E-state index contributed by atoms with van der Waals surface area (Å²) in [4.78, 5) is 27.4. The van der Waals surface area contributed by atoms with E-state index in [0.717, 1.165) is 0 Å². The zero-order chi connectivity index (χ0) is 11.9. The third-order valence-electron chi connectivity index (χ3n) is 0.624. The van der Waals surface area contributed by atoms with Crippen LogP contribution < -0.4 is 5.90 Å². The molecule has 0 aliphatic rings. The lowest BCUT2D eigenvalue weighted by Crippen LogP contribution is -2.08. The molecule has 0 radical (unpaired) electrons. The molecule has 0 unspecified atom stereocenters. The lowest BCUT2D eigenvalue weighted by molar-refractivity contribution is -0.765. The minimum Gasteiger partial charge on any atom is -0.249 e. The van der Waals surface area contributed by atoms with E-state index in [1.54, 1.807) is 0 Å². The standard InChI is InChI=1S/C3H9NO12/c4-12-9-3-11-14-16-15-13-10-2-8-7-1-6-5/h5H,1-4H2. The van der Waals surface area contributed by atoms with Gasteiger partial charge in [0, 0.05) is 0 Å². The van der Waals surface area contributed by atoms with E-state index in [0.29, 0.717) is 0 Å². The molecule has 0 atom stereocenters. The van der Waals surface area contributed by atoms with Gasteiger partial charge in [0.1, 0.15) is 0 Å². The van der Waals surface area contributed by atoms with E-state index in [2.05, 4.69) is 60.4 Å². The molecule has 0 rings (SSSR count). The van der Waals surface area contributed by atoms with Crippen molar-refractivity contribution in [3.63, 3.8) is 0 Å². The van der Waals surface area contributed by atoms with Crippen molar-refractivity contribution in [2.45, 2.75) is 0 Å². The van der Waals surface area contributed by atoms with Gasteiger partial charge in [-0.3, -0.25) is 0 Å². The summed E-state index contributed by atoms with van der Waals surface area (Å²) in [5, 5.41) is 22.7. The average Bonchev–Trinajstić information content (AvgIpc) is 2.31. The topological polar surface area (TPSA) is 148 Å². The molecule has 0 amide bonds. The molecular weight excluding hydrogens is 242 g/mol. The van der Waals surface area contributed by atoms with Crippen molar-refractivity contribution in [2.24, 2.45) is 5.90 Å². The molecule has 13 heteroatoms. The predicted octanol–water partition coefficient (Wildman–Crippen LogP) is -1.21. The molecule has 0 spiro atoms. The molecule has 0 fully saturated rings. The van der Waals surface area contributed by atoms with E-state index in [9.17, 15) is 0 Å². The smallest absolute Gasteiger partial charge is 0.219 e. The number of hydrogen-bond donors (Lipinski definition) is 2. The monoisotopic (exact) mass is 251 g/mol. The van der Waals surface area contributed by atoms with E-state index in [1.807, 2.05) is 0 Å². The van der Waals surface area contributed by atoms with Crippen molar-refractivity contribution in [1.82, 2.24) is 0 Å². The first-order valence-electron chi connectivity index (χ1n) is 3.32. The number of hydrogen-bond acceptors (Lipinski definition) is 13. The van der Waals surface area contributed by atoms with E-state index >= 15 is 0 Å². The molecule has 0 aliphatic carbocycles. The first kappa shape index (κ1) is 15.5. The zero-order valence-electron chi connectivity index (χ0n) is 7.64. The summed E-state index contributed by atoms with van der Waals surface area (Å²) in [7, 11) is 0. The zero-order valence-corrected chi connectivity index (χ0v) is 7.64. The van der Waals surface area contributed by atoms with Crippen molar-refractivity contribution in [3.05, 3.63) is 0 Å². The predicted molar refractivity (Wildman–Crippen MR) is 33.4 cm³/mol. The second-order valence-electron chi connectivity index (χ2n) is 1.44. The highest BCUT2D eigenvalue weighted by Gasteiger charge is 1.95. The molecule has 16 heavy (non-hydrogen) atoms. The summed E-state index contributed by atoms with van der Waals surface area (Å²) in [5.74, 6) is 4.43. The van der Waals surface area contributed by atoms with Crippen LogP contribution in [0.2, 0.25) is 0 Å². The van der Waals surface area contributed by atoms with Crippen LogP contribution >= 0.6 is 0 Å².